The number of nitrogens with zero attached hydrogens (tertiary/aromatic N) is 3. The summed E-state index contributed by atoms with van der Waals surface area (Å²) in [6.45, 7) is 9.87. The van der Waals surface area contributed by atoms with Crippen molar-refractivity contribution >= 4 is 0 Å². The van der Waals surface area contributed by atoms with E-state index in [2.05, 4.69) is 42.6 Å². The van der Waals surface area contributed by atoms with Crippen molar-refractivity contribution in [2.45, 2.75) is 13.5 Å². The fraction of sp³-hybridized carbons (Fsp3) is 0.167. The van der Waals surface area contributed by atoms with Gasteiger partial charge in [0.2, 0.25) is 0 Å². The van der Waals surface area contributed by atoms with Crippen molar-refractivity contribution in [1.82, 2.24) is 5.01 Å². The molecule has 0 fully saturated rings. The normalized spacial score (nSPS) is 10.2. The highest BCUT2D eigenvalue weighted by Gasteiger charge is 1.98. The molecular formula is C12H15N3. The number of aryl methyl sites for hydroxylation is 1. The van der Waals surface area contributed by atoms with Crippen LogP contribution >= 0.6 is 0 Å². The van der Waals surface area contributed by atoms with Crippen molar-refractivity contribution in [3.63, 3.8) is 0 Å². The number of rotatable bonds is 5. The van der Waals surface area contributed by atoms with E-state index in [-0.39, 0.29) is 0 Å². The van der Waals surface area contributed by atoms with Gasteiger partial charge in [0.05, 0.1) is 6.54 Å². The molecule has 0 heterocycles. The van der Waals surface area contributed by atoms with Gasteiger partial charge in [0.25, 0.3) is 0 Å². The summed E-state index contributed by atoms with van der Waals surface area (Å²) in [6, 6.07) is 8.25. The summed E-state index contributed by atoms with van der Waals surface area (Å²) in [5, 5.41) is 9.28. The van der Waals surface area contributed by atoms with E-state index in [1.807, 2.05) is 12.1 Å². The van der Waals surface area contributed by atoms with E-state index in [1.165, 1.54) is 17.3 Å². The van der Waals surface area contributed by atoms with Crippen molar-refractivity contribution in [2.24, 2.45) is 10.3 Å². The fourth-order valence-electron chi connectivity index (χ4n) is 1.23. The lowest BCUT2D eigenvalue weighted by atomic mass is 10.1. The maximum atomic E-state index is 3.91. The van der Waals surface area contributed by atoms with Gasteiger partial charge in [0, 0.05) is 12.4 Å². The maximum absolute atomic E-state index is 3.91. The largest absolute Gasteiger partial charge is 0.250 e. The summed E-state index contributed by atoms with van der Waals surface area (Å²) in [4.78, 5) is 0. The molecule has 1 rings (SSSR count). The van der Waals surface area contributed by atoms with Gasteiger partial charge in [-0.25, -0.2) is 0 Å². The third kappa shape index (κ3) is 3.77. The number of hydrogen-bond acceptors (Lipinski definition) is 2. The van der Waals surface area contributed by atoms with Gasteiger partial charge in [-0.3, -0.25) is 5.01 Å². The van der Waals surface area contributed by atoms with Gasteiger partial charge in [-0.15, -0.1) is 5.11 Å². The van der Waals surface area contributed by atoms with E-state index in [0.29, 0.717) is 6.54 Å². The summed E-state index contributed by atoms with van der Waals surface area (Å²) in [6.07, 6.45) is 3.03. The van der Waals surface area contributed by atoms with Crippen LogP contribution in [-0.2, 0) is 6.54 Å². The zero-order valence-corrected chi connectivity index (χ0v) is 8.93. The molecule has 0 unspecified atom stereocenters. The first-order chi connectivity index (χ1) is 7.26. The minimum atomic E-state index is 0.669. The fourth-order valence-corrected chi connectivity index (χ4v) is 1.23. The Bertz CT molecular complexity index is 369. The molecule has 3 nitrogen and oxygen atoms in total. The standard InChI is InChI=1S/C12H15N3/c1-4-13-14-15(5-2)10-12-8-6-7-11(3)9-12/h4-9H,1-2,10H2,3H3/b14-13-. The molecule has 0 aliphatic heterocycles. The van der Waals surface area contributed by atoms with Gasteiger partial charge >= 0.3 is 0 Å². The first kappa shape index (κ1) is 11.2. The van der Waals surface area contributed by atoms with Gasteiger partial charge in [-0.2, -0.15) is 0 Å². The molecule has 0 saturated heterocycles. The van der Waals surface area contributed by atoms with Crippen molar-refractivity contribution < 1.29 is 0 Å². The highest BCUT2D eigenvalue weighted by molar-refractivity contribution is 5.22. The predicted molar refractivity (Wildman–Crippen MR) is 62.0 cm³/mol. The predicted octanol–water partition coefficient (Wildman–Crippen LogP) is 3.45. The second kappa shape index (κ2) is 5.75. The Morgan fingerprint density at radius 2 is 2.20 bits per heavy atom. The molecule has 1 aromatic carbocycles. The minimum Gasteiger partial charge on any atom is -0.250 e. The lowest BCUT2D eigenvalue weighted by molar-refractivity contribution is 0.367. The summed E-state index contributed by atoms with van der Waals surface area (Å²) >= 11 is 0. The summed E-state index contributed by atoms with van der Waals surface area (Å²) in [7, 11) is 0. The van der Waals surface area contributed by atoms with Crippen LogP contribution in [0.15, 0.2) is 60.2 Å². The SMILES string of the molecule is C=C/N=N\N(C=C)Cc1cccc(C)c1. The van der Waals surface area contributed by atoms with Gasteiger partial charge in [-0.1, -0.05) is 48.2 Å². The van der Waals surface area contributed by atoms with Crippen LogP contribution in [-0.4, -0.2) is 5.01 Å². The van der Waals surface area contributed by atoms with E-state index >= 15 is 0 Å². The second-order valence-electron chi connectivity index (χ2n) is 3.16. The maximum Gasteiger partial charge on any atom is 0.0676 e. The molecular weight excluding hydrogens is 186 g/mol. The van der Waals surface area contributed by atoms with Crippen molar-refractivity contribution in [1.29, 1.82) is 0 Å². The third-order valence-electron chi connectivity index (χ3n) is 1.89. The quantitative estimate of drug-likeness (QED) is 0.529. The smallest absolute Gasteiger partial charge is 0.0676 e. The first-order valence-electron chi connectivity index (χ1n) is 4.72. The zero-order valence-electron chi connectivity index (χ0n) is 8.93. The Kier molecular flexibility index (Phi) is 4.29. The molecule has 78 valence electrons. The number of benzene rings is 1. The lowest BCUT2D eigenvalue weighted by Gasteiger charge is -2.11. The Morgan fingerprint density at radius 3 is 2.80 bits per heavy atom. The Hall–Kier alpha value is -1.90. The van der Waals surface area contributed by atoms with Crippen LogP contribution in [0.25, 0.3) is 0 Å². The van der Waals surface area contributed by atoms with E-state index in [0.717, 1.165) is 0 Å². The highest BCUT2D eigenvalue weighted by Crippen LogP contribution is 2.08. The Morgan fingerprint density at radius 1 is 1.40 bits per heavy atom. The molecule has 0 spiro atoms. The molecule has 0 aliphatic rings. The molecule has 0 bridgehead atoms. The highest BCUT2D eigenvalue weighted by atomic mass is 15.5. The van der Waals surface area contributed by atoms with Gasteiger partial charge in [-0.05, 0) is 12.5 Å². The first-order valence-corrected chi connectivity index (χ1v) is 4.72. The molecule has 1 aromatic rings. The van der Waals surface area contributed by atoms with Crippen LogP contribution in [0.4, 0.5) is 0 Å². The minimum absolute atomic E-state index is 0.669. The molecule has 0 saturated carbocycles. The Labute approximate surface area is 90.4 Å². The lowest BCUT2D eigenvalue weighted by Crippen LogP contribution is -2.07. The van der Waals surface area contributed by atoms with Crippen LogP contribution in [0.1, 0.15) is 11.1 Å². The van der Waals surface area contributed by atoms with Crippen LogP contribution in [0.3, 0.4) is 0 Å². The van der Waals surface area contributed by atoms with E-state index in [9.17, 15) is 0 Å². The molecule has 0 N–H and O–H groups in total. The molecule has 0 atom stereocenters. The topological polar surface area (TPSA) is 28.0 Å². The van der Waals surface area contributed by atoms with Gasteiger partial charge in [0.15, 0.2) is 0 Å². The second-order valence-corrected chi connectivity index (χ2v) is 3.16. The van der Waals surface area contributed by atoms with Crippen molar-refractivity contribution in [3.8, 4) is 0 Å². The average molecular weight is 201 g/mol. The molecule has 3 heteroatoms. The molecule has 0 radical (unpaired) electrons. The molecule has 0 aromatic heterocycles. The zero-order chi connectivity index (χ0) is 11.1. The van der Waals surface area contributed by atoms with E-state index < -0.39 is 0 Å². The van der Waals surface area contributed by atoms with Gasteiger partial charge < -0.3 is 0 Å². The number of hydrogen-bond donors (Lipinski definition) is 0. The molecule has 0 amide bonds. The Balaban J connectivity index is 2.70. The summed E-state index contributed by atoms with van der Waals surface area (Å²) in [5.41, 5.74) is 2.41. The van der Waals surface area contributed by atoms with E-state index in [1.54, 1.807) is 11.2 Å². The third-order valence-corrected chi connectivity index (χ3v) is 1.89. The van der Waals surface area contributed by atoms with Crippen LogP contribution in [0, 0.1) is 6.92 Å². The summed E-state index contributed by atoms with van der Waals surface area (Å²) in [5.74, 6) is 0. The van der Waals surface area contributed by atoms with Crippen LogP contribution < -0.4 is 0 Å². The van der Waals surface area contributed by atoms with E-state index in [4.69, 9.17) is 0 Å². The van der Waals surface area contributed by atoms with Crippen molar-refractivity contribution in [3.05, 3.63) is 61.0 Å². The van der Waals surface area contributed by atoms with Crippen LogP contribution in [0.5, 0.6) is 0 Å². The van der Waals surface area contributed by atoms with Gasteiger partial charge in [0.1, 0.15) is 0 Å². The molecule has 15 heavy (non-hydrogen) atoms. The monoisotopic (exact) mass is 201 g/mol. The average Bonchev–Trinajstić information content (AvgIpc) is 2.24. The van der Waals surface area contributed by atoms with Crippen molar-refractivity contribution in [2.75, 3.05) is 0 Å². The summed E-state index contributed by atoms with van der Waals surface area (Å²) < 4.78 is 0. The van der Waals surface area contributed by atoms with Crippen LogP contribution in [0.2, 0.25) is 0 Å². The molecule has 0 aliphatic carbocycles.